The summed E-state index contributed by atoms with van der Waals surface area (Å²) in [6, 6.07) is 4.84. The van der Waals surface area contributed by atoms with Crippen molar-refractivity contribution in [1.29, 1.82) is 0 Å². The van der Waals surface area contributed by atoms with Crippen LogP contribution in [0.15, 0.2) is 29.2 Å². The van der Waals surface area contributed by atoms with Gasteiger partial charge < -0.3 is 4.74 Å². The zero-order valence-electron chi connectivity index (χ0n) is 7.02. The largest absolute Gasteiger partial charge is 0.573 e. The van der Waals surface area contributed by atoms with E-state index in [0.29, 0.717) is 16.9 Å². The molecule has 84 valence electrons. The molecule has 0 amide bonds. The second kappa shape index (κ2) is 5.21. The number of rotatable bonds is 4. The fourth-order valence-electron chi connectivity index (χ4n) is 0.751. The molecule has 0 atom stereocenters. The zero-order valence-corrected chi connectivity index (χ0v) is 7.84. The fraction of sp³-hybridized carbons (Fsp3) is 0.143. The molecule has 1 rings (SSSR count). The predicted octanol–water partition coefficient (Wildman–Crippen LogP) is 3.01. The van der Waals surface area contributed by atoms with Crippen LogP contribution < -0.4 is 4.74 Å². The number of halogens is 3. The van der Waals surface area contributed by atoms with E-state index in [1.165, 1.54) is 12.1 Å². The van der Waals surface area contributed by atoms with Gasteiger partial charge in [0.05, 0.1) is 12.0 Å². The van der Waals surface area contributed by atoms with Crippen molar-refractivity contribution in [1.82, 2.24) is 0 Å². The highest BCUT2D eigenvalue weighted by Crippen LogP contribution is 2.26. The molecule has 15 heavy (non-hydrogen) atoms. The third kappa shape index (κ3) is 4.88. The molecule has 0 spiro atoms. The van der Waals surface area contributed by atoms with E-state index in [4.69, 9.17) is 5.26 Å². The first-order valence-corrected chi connectivity index (χ1v) is 4.26. The van der Waals surface area contributed by atoms with E-state index >= 15 is 0 Å². The number of hydrogen-bond donors (Lipinski definition) is 1. The van der Waals surface area contributed by atoms with Crippen LogP contribution in [-0.2, 0) is 9.37 Å². The first kappa shape index (κ1) is 12.1. The maximum atomic E-state index is 11.7. The summed E-state index contributed by atoms with van der Waals surface area (Å²) in [7, 11) is 0. The van der Waals surface area contributed by atoms with Gasteiger partial charge in [-0.2, -0.15) is 0 Å². The van der Waals surface area contributed by atoms with E-state index in [0.717, 1.165) is 12.1 Å². The Morgan fingerprint density at radius 1 is 1.13 bits per heavy atom. The quantitative estimate of drug-likeness (QED) is 0.499. The Hall–Kier alpha value is -0.960. The Balaban J connectivity index is 2.56. The van der Waals surface area contributed by atoms with E-state index < -0.39 is 6.36 Å². The Bertz CT molecular complexity index is 300. The molecule has 0 aromatic heterocycles. The lowest BCUT2D eigenvalue weighted by Crippen LogP contribution is -2.16. The van der Waals surface area contributed by atoms with E-state index in [2.05, 4.69) is 14.1 Å². The van der Waals surface area contributed by atoms with Crippen molar-refractivity contribution in [3.05, 3.63) is 24.3 Å². The maximum Gasteiger partial charge on any atom is 0.573 e. The minimum atomic E-state index is -4.71. The van der Waals surface area contributed by atoms with Gasteiger partial charge in [0.25, 0.3) is 0 Å². The normalized spacial score (nSPS) is 11.5. The standard InChI is InChI=1S/C7H5F3O4S/c8-7(9,10)12-5-1-3-6(4-2-5)15-14-13-11/h1-4,11H. The van der Waals surface area contributed by atoms with Gasteiger partial charge in [-0.15, -0.1) is 17.5 Å². The van der Waals surface area contributed by atoms with Crippen LogP contribution in [0.3, 0.4) is 0 Å². The van der Waals surface area contributed by atoms with Crippen LogP contribution in [0.1, 0.15) is 0 Å². The highest BCUT2D eigenvalue weighted by molar-refractivity contribution is 7.94. The predicted molar refractivity (Wildman–Crippen MR) is 43.8 cm³/mol. The van der Waals surface area contributed by atoms with Crippen LogP contribution in [0.4, 0.5) is 13.2 Å². The molecule has 1 aromatic rings. The minimum absolute atomic E-state index is 0.336. The molecule has 8 heteroatoms. The summed E-state index contributed by atoms with van der Waals surface area (Å²) < 4.78 is 42.9. The minimum Gasteiger partial charge on any atom is -0.406 e. The van der Waals surface area contributed by atoms with Crippen molar-refractivity contribution in [3.8, 4) is 5.75 Å². The topological polar surface area (TPSA) is 47.9 Å². The number of hydrogen-bond acceptors (Lipinski definition) is 5. The van der Waals surface area contributed by atoms with Crippen LogP contribution in [-0.4, -0.2) is 11.6 Å². The average molecular weight is 242 g/mol. The van der Waals surface area contributed by atoms with Crippen LogP contribution >= 0.6 is 12.0 Å². The van der Waals surface area contributed by atoms with Crippen molar-refractivity contribution in [2.24, 2.45) is 0 Å². The summed E-state index contributed by atoms with van der Waals surface area (Å²) in [5.41, 5.74) is 0. The summed E-state index contributed by atoms with van der Waals surface area (Å²) in [4.78, 5) is 0.443. The molecule has 0 radical (unpaired) electrons. The van der Waals surface area contributed by atoms with Crippen LogP contribution in [0, 0.1) is 0 Å². The second-order valence-corrected chi connectivity index (χ2v) is 3.02. The van der Waals surface area contributed by atoms with Crippen molar-refractivity contribution in [3.63, 3.8) is 0 Å². The summed E-state index contributed by atoms with van der Waals surface area (Å²) in [6.07, 6.45) is -4.71. The molecule has 0 saturated carbocycles. The summed E-state index contributed by atoms with van der Waals surface area (Å²) >= 11 is 0.638. The van der Waals surface area contributed by atoms with E-state index in [-0.39, 0.29) is 5.75 Å². The van der Waals surface area contributed by atoms with Gasteiger partial charge in [0, 0.05) is 4.90 Å². The molecule has 1 N–H and O–H groups in total. The lowest BCUT2D eigenvalue weighted by atomic mass is 10.3. The van der Waals surface area contributed by atoms with Gasteiger partial charge in [-0.25, -0.2) is 5.26 Å². The molecule has 0 unspecified atom stereocenters. The SMILES string of the molecule is OOOSc1ccc(OC(F)(F)F)cc1. The van der Waals surface area contributed by atoms with Crippen molar-refractivity contribution < 1.29 is 32.5 Å². The molecule has 0 fully saturated rings. The molecule has 4 nitrogen and oxygen atoms in total. The van der Waals surface area contributed by atoms with Gasteiger partial charge in [-0.1, -0.05) is 5.04 Å². The number of ether oxygens (including phenoxy) is 1. The highest BCUT2D eigenvalue weighted by atomic mass is 32.2. The molecule has 0 aliphatic carbocycles. The third-order valence-electron chi connectivity index (χ3n) is 1.22. The summed E-state index contributed by atoms with van der Waals surface area (Å²) in [5, 5.41) is 11.1. The molecule has 1 aromatic carbocycles. The van der Waals surface area contributed by atoms with Crippen LogP contribution in [0.25, 0.3) is 0 Å². The molecule has 0 aliphatic heterocycles. The van der Waals surface area contributed by atoms with E-state index in [1.807, 2.05) is 0 Å². The third-order valence-corrected chi connectivity index (χ3v) is 1.81. The fourth-order valence-corrected chi connectivity index (χ4v) is 1.11. The Morgan fingerprint density at radius 2 is 1.73 bits per heavy atom. The van der Waals surface area contributed by atoms with Gasteiger partial charge in [-0.05, 0) is 24.3 Å². The first-order valence-electron chi connectivity index (χ1n) is 3.52. The Kier molecular flexibility index (Phi) is 4.21. The zero-order chi connectivity index (χ0) is 11.3. The molecular formula is C7H5F3O4S. The lowest BCUT2D eigenvalue weighted by Gasteiger charge is -2.08. The van der Waals surface area contributed by atoms with Gasteiger partial charge in [0.15, 0.2) is 0 Å². The van der Waals surface area contributed by atoms with Crippen molar-refractivity contribution in [2.75, 3.05) is 0 Å². The first-order chi connectivity index (χ1) is 7.01. The Morgan fingerprint density at radius 3 is 2.20 bits per heavy atom. The monoisotopic (exact) mass is 242 g/mol. The molecule has 0 heterocycles. The molecule has 0 aliphatic rings. The second-order valence-electron chi connectivity index (χ2n) is 2.25. The van der Waals surface area contributed by atoms with Crippen molar-refractivity contribution >= 4 is 12.0 Å². The molecular weight excluding hydrogens is 237 g/mol. The highest BCUT2D eigenvalue weighted by Gasteiger charge is 2.30. The molecule has 0 bridgehead atoms. The Labute approximate surface area is 86.6 Å². The number of benzene rings is 1. The summed E-state index contributed by atoms with van der Waals surface area (Å²) in [6.45, 7) is 0. The van der Waals surface area contributed by atoms with Crippen LogP contribution in [0.2, 0.25) is 0 Å². The average Bonchev–Trinajstić information content (AvgIpc) is 2.14. The van der Waals surface area contributed by atoms with Crippen molar-refractivity contribution in [2.45, 2.75) is 11.3 Å². The van der Waals surface area contributed by atoms with Gasteiger partial charge in [0.1, 0.15) is 5.75 Å². The van der Waals surface area contributed by atoms with Gasteiger partial charge >= 0.3 is 6.36 Å². The summed E-state index contributed by atoms with van der Waals surface area (Å²) in [5.74, 6) is -0.336. The lowest BCUT2D eigenvalue weighted by molar-refractivity contribution is -0.432. The van der Waals surface area contributed by atoms with E-state index in [1.54, 1.807) is 0 Å². The van der Waals surface area contributed by atoms with Gasteiger partial charge in [-0.3, -0.25) is 0 Å². The maximum absolute atomic E-state index is 11.7. The van der Waals surface area contributed by atoms with Gasteiger partial charge in [0.2, 0.25) is 0 Å². The molecule has 0 saturated heterocycles. The van der Waals surface area contributed by atoms with Crippen LogP contribution in [0.5, 0.6) is 5.75 Å². The smallest absolute Gasteiger partial charge is 0.406 e. The number of alkyl halides is 3. The van der Waals surface area contributed by atoms with E-state index in [9.17, 15) is 13.2 Å².